The molecule has 5 nitrogen and oxygen atoms in total. The van der Waals surface area contributed by atoms with Gasteiger partial charge in [-0.3, -0.25) is 4.57 Å². The van der Waals surface area contributed by atoms with Crippen LogP contribution in [0.2, 0.25) is 0 Å². The third-order valence-corrected chi connectivity index (χ3v) is 1.80. The van der Waals surface area contributed by atoms with Crippen LogP contribution in [0.4, 0.5) is 8.78 Å². The lowest BCUT2D eigenvalue weighted by Gasteiger charge is -2.10. The molecular weight excluding hydrogens is 204 g/mol. The first-order chi connectivity index (χ1) is 7.02. The molecule has 1 aromatic rings. The molecule has 7 heteroatoms. The van der Waals surface area contributed by atoms with Gasteiger partial charge in [0.1, 0.15) is 12.4 Å². The highest BCUT2D eigenvalue weighted by molar-refractivity contribution is 5.77. The summed E-state index contributed by atoms with van der Waals surface area (Å²) in [4.78, 5) is 9.28. The molecule has 0 bridgehead atoms. The van der Waals surface area contributed by atoms with Crippen LogP contribution in [0, 0.1) is 0 Å². The fraction of sp³-hybridized carbons (Fsp3) is 0.500. The average molecular weight is 217 g/mol. The van der Waals surface area contributed by atoms with E-state index < -0.39 is 6.55 Å². The predicted molar refractivity (Wildman–Crippen MR) is 52.5 cm³/mol. The monoisotopic (exact) mass is 217 g/mol. The van der Waals surface area contributed by atoms with Crippen LogP contribution in [0.5, 0.6) is 0 Å². The van der Waals surface area contributed by atoms with E-state index in [1.54, 1.807) is 19.0 Å². The maximum absolute atomic E-state index is 12.4. The Morgan fingerprint density at radius 2 is 2.33 bits per heavy atom. The first-order valence-electron chi connectivity index (χ1n) is 4.29. The van der Waals surface area contributed by atoms with Crippen molar-refractivity contribution in [1.82, 2.24) is 14.5 Å². The number of guanidine groups is 1. The Balaban J connectivity index is 2.73. The minimum atomic E-state index is -2.60. The smallest absolute Gasteiger partial charge is 0.319 e. The van der Waals surface area contributed by atoms with Gasteiger partial charge >= 0.3 is 6.55 Å². The molecule has 0 spiro atoms. The van der Waals surface area contributed by atoms with Crippen LogP contribution >= 0.6 is 0 Å². The van der Waals surface area contributed by atoms with Crippen molar-refractivity contribution in [2.75, 3.05) is 14.1 Å². The summed E-state index contributed by atoms with van der Waals surface area (Å²) in [6, 6.07) is 0. The Bertz CT molecular complexity index is 345. The molecule has 0 saturated carbocycles. The SMILES string of the molecule is CN(C)C(N)=NCc1nccn1C(F)F. The van der Waals surface area contributed by atoms with Crippen LogP contribution in [0.25, 0.3) is 0 Å². The summed E-state index contributed by atoms with van der Waals surface area (Å²) in [5, 5.41) is 0. The number of aromatic nitrogens is 2. The second-order valence-corrected chi connectivity index (χ2v) is 3.10. The van der Waals surface area contributed by atoms with Crippen LogP contribution in [0.1, 0.15) is 12.4 Å². The summed E-state index contributed by atoms with van der Waals surface area (Å²) >= 11 is 0. The Kier molecular flexibility index (Phi) is 3.59. The minimum absolute atomic E-state index is 0.0430. The fourth-order valence-corrected chi connectivity index (χ4v) is 0.937. The summed E-state index contributed by atoms with van der Waals surface area (Å²) < 4.78 is 25.5. The normalized spacial score (nSPS) is 12.2. The second-order valence-electron chi connectivity index (χ2n) is 3.10. The van der Waals surface area contributed by atoms with Gasteiger partial charge < -0.3 is 10.6 Å². The van der Waals surface area contributed by atoms with Gasteiger partial charge in [0.05, 0.1) is 0 Å². The fourth-order valence-electron chi connectivity index (χ4n) is 0.937. The van der Waals surface area contributed by atoms with E-state index in [1.807, 2.05) is 0 Å². The van der Waals surface area contributed by atoms with Gasteiger partial charge in [0.25, 0.3) is 0 Å². The molecule has 0 radical (unpaired) electrons. The van der Waals surface area contributed by atoms with E-state index in [0.29, 0.717) is 0 Å². The Labute approximate surface area is 86.2 Å². The van der Waals surface area contributed by atoms with E-state index in [-0.39, 0.29) is 18.3 Å². The van der Waals surface area contributed by atoms with Gasteiger partial charge in [-0.05, 0) is 0 Å². The second kappa shape index (κ2) is 4.72. The zero-order valence-electron chi connectivity index (χ0n) is 8.56. The molecule has 0 aromatic carbocycles. The van der Waals surface area contributed by atoms with E-state index in [2.05, 4.69) is 9.98 Å². The van der Waals surface area contributed by atoms with Crippen molar-refractivity contribution in [2.45, 2.75) is 13.1 Å². The number of nitrogens with two attached hydrogens (primary N) is 1. The highest BCUT2D eigenvalue weighted by Crippen LogP contribution is 2.12. The van der Waals surface area contributed by atoms with Gasteiger partial charge in [0.15, 0.2) is 5.96 Å². The largest absolute Gasteiger partial charge is 0.370 e. The number of nitrogens with zero attached hydrogens (tertiary/aromatic N) is 4. The van der Waals surface area contributed by atoms with E-state index in [4.69, 9.17) is 5.73 Å². The molecule has 0 atom stereocenters. The van der Waals surface area contributed by atoms with Crippen LogP contribution < -0.4 is 5.73 Å². The topological polar surface area (TPSA) is 59.4 Å². The zero-order chi connectivity index (χ0) is 11.4. The molecule has 0 aliphatic carbocycles. The third-order valence-electron chi connectivity index (χ3n) is 1.80. The lowest BCUT2D eigenvalue weighted by molar-refractivity contribution is 0.0671. The van der Waals surface area contributed by atoms with Crippen molar-refractivity contribution in [3.8, 4) is 0 Å². The lowest BCUT2D eigenvalue weighted by atomic mass is 10.6. The lowest BCUT2D eigenvalue weighted by Crippen LogP contribution is -2.30. The molecule has 84 valence electrons. The Hall–Kier alpha value is -1.66. The molecule has 0 amide bonds. The molecule has 15 heavy (non-hydrogen) atoms. The van der Waals surface area contributed by atoms with Gasteiger partial charge in [-0.2, -0.15) is 8.78 Å². The molecule has 1 aromatic heterocycles. The summed E-state index contributed by atoms with van der Waals surface area (Å²) in [6.07, 6.45) is 2.52. The number of hydrogen-bond donors (Lipinski definition) is 1. The van der Waals surface area contributed by atoms with Gasteiger partial charge in [-0.1, -0.05) is 0 Å². The molecule has 0 saturated heterocycles. The Morgan fingerprint density at radius 1 is 1.67 bits per heavy atom. The van der Waals surface area contributed by atoms with Gasteiger partial charge in [0.2, 0.25) is 0 Å². The highest BCUT2D eigenvalue weighted by Gasteiger charge is 2.10. The average Bonchev–Trinajstić information content (AvgIpc) is 2.61. The molecule has 2 N–H and O–H groups in total. The van der Waals surface area contributed by atoms with Crippen LogP contribution in [-0.4, -0.2) is 34.5 Å². The van der Waals surface area contributed by atoms with E-state index in [0.717, 1.165) is 4.57 Å². The minimum Gasteiger partial charge on any atom is -0.370 e. The van der Waals surface area contributed by atoms with E-state index in [9.17, 15) is 8.78 Å². The standard InChI is InChI=1S/C8H13F2N5/c1-14(2)8(11)13-5-6-12-3-4-15(6)7(9)10/h3-4,7H,5H2,1-2H3,(H2,11,13). The van der Waals surface area contributed by atoms with Gasteiger partial charge in [-0.15, -0.1) is 0 Å². The van der Waals surface area contributed by atoms with Crippen molar-refractivity contribution in [1.29, 1.82) is 0 Å². The molecular formula is C8H13F2N5. The molecule has 0 aliphatic heterocycles. The summed E-state index contributed by atoms with van der Waals surface area (Å²) in [5.41, 5.74) is 5.51. The summed E-state index contributed by atoms with van der Waals surface area (Å²) in [6.45, 7) is -2.56. The maximum atomic E-state index is 12.4. The Morgan fingerprint density at radius 3 is 2.87 bits per heavy atom. The van der Waals surface area contributed by atoms with Crippen molar-refractivity contribution >= 4 is 5.96 Å². The quantitative estimate of drug-likeness (QED) is 0.597. The third kappa shape index (κ3) is 2.90. The summed E-state index contributed by atoms with van der Waals surface area (Å²) in [7, 11) is 3.44. The predicted octanol–water partition coefficient (Wildman–Crippen LogP) is 0.654. The number of aliphatic imine (C=N–C) groups is 1. The van der Waals surface area contributed by atoms with Crippen molar-refractivity contribution < 1.29 is 8.78 Å². The van der Waals surface area contributed by atoms with E-state index in [1.165, 1.54) is 12.4 Å². The number of alkyl halides is 2. The van der Waals surface area contributed by atoms with Gasteiger partial charge in [-0.25, -0.2) is 9.98 Å². The van der Waals surface area contributed by atoms with Gasteiger partial charge in [0, 0.05) is 26.5 Å². The number of imidazole rings is 1. The number of halogens is 2. The first-order valence-corrected chi connectivity index (χ1v) is 4.29. The molecule has 0 fully saturated rings. The zero-order valence-corrected chi connectivity index (χ0v) is 8.56. The van der Waals surface area contributed by atoms with Crippen molar-refractivity contribution in [3.05, 3.63) is 18.2 Å². The molecule has 0 unspecified atom stereocenters. The summed E-state index contributed by atoms with van der Waals surface area (Å²) in [5.74, 6) is 0.466. The molecule has 0 aliphatic rings. The van der Waals surface area contributed by atoms with E-state index >= 15 is 0 Å². The maximum Gasteiger partial charge on any atom is 0.319 e. The first kappa shape index (κ1) is 11.4. The molecule has 1 heterocycles. The van der Waals surface area contributed by atoms with Crippen LogP contribution in [0.3, 0.4) is 0 Å². The number of rotatable bonds is 3. The highest BCUT2D eigenvalue weighted by atomic mass is 19.3. The molecule has 1 rings (SSSR count). The van der Waals surface area contributed by atoms with Crippen molar-refractivity contribution in [2.24, 2.45) is 10.7 Å². The number of hydrogen-bond acceptors (Lipinski definition) is 2. The van der Waals surface area contributed by atoms with Crippen LogP contribution in [0.15, 0.2) is 17.4 Å². The van der Waals surface area contributed by atoms with Crippen LogP contribution in [-0.2, 0) is 6.54 Å². The van der Waals surface area contributed by atoms with Crippen molar-refractivity contribution in [3.63, 3.8) is 0 Å².